The molecule has 0 unspecified atom stereocenters. The molecule has 0 spiro atoms. The third-order valence-electron chi connectivity index (χ3n) is 2.89. The quantitative estimate of drug-likeness (QED) is 0.791. The summed E-state index contributed by atoms with van der Waals surface area (Å²) >= 11 is 7.12. The molecule has 0 fully saturated rings. The third kappa shape index (κ3) is 3.10. The van der Waals surface area contributed by atoms with Gasteiger partial charge >= 0.3 is 0 Å². The molecule has 0 saturated heterocycles. The molecule has 1 heterocycles. The fraction of sp³-hybridized carbons (Fsp3) is 0.462. The van der Waals surface area contributed by atoms with Gasteiger partial charge in [-0.15, -0.1) is 0 Å². The molecule has 1 aromatic carbocycles. The van der Waals surface area contributed by atoms with E-state index in [1.165, 1.54) is 5.56 Å². The second-order valence-electron chi connectivity index (χ2n) is 4.52. The van der Waals surface area contributed by atoms with Gasteiger partial charge in [-0.25, -0.2) is 4.99 Å². The van der Waals surface area contributed by atoms with Crippen LogP contribution in [0.1, 0.15) is 19.4 Å². The number of halogens is 2. The molecular weight excluding hydrogens is 346 g/mol. The number of aliphatic imine (C=N–C) groups is 1. The first-order valence-corrected chi connectivity index (χ1v) is 7.29. The lowest BCUT2D eigenvalue weighted by Crippen LogP contribution is -2.13. The van der Waals surface area contributed by atoms with Crippen molar-refractivity contribution in [2.24, 2.45) is 10.9 Å². The molecule has 0 bridgehead atoms. The van der Waals surface area contributed by atoms with Gasteiger partial charge in [0.25, 0.3) is 0 Å². The monoisotopic (exact) mass is 359 g/mol. The van der Waals surface area contributed by atoms with E-state index in [4.69, 9.17) is 4.74 Å². The highest BCUT2D eigenvalue weighted by molar-refractivity contribution is 9.11. The van der Waals surface area contributed by atoms with Crippen molar-refractivity contribution in [3.8, 4) is 0 Å². The third-order valence-corrected chi connectivity index (χ3v) is 4.38. The Balaban J connectivity index is 2.15. The Kier molecular flexibility index (Phi) is 4.26. The number of hydrogen-bond acceptors (Lipinski definition) is 2. The van der Waals surface area contributed by atoms with Crippen LogP contribution in [0.25, 0.3) is 0 Å². The fourth-order valence-electron chi connectivity index (χ4n) is 1.73. The summed E-state index contributed by atoms with van der Waals surface area (Å²) in [5.41, 5.74) is 1.19. The van der Waals surface area contributed by atoms with E-state index in [1.807, 2.05) is 18.2 Å². The largest absolute Gasteiger partial charge is 0.478 e. The average molecular weight is 361 g/mol. The SMILES string of the molecule is CC(C)[C@H]1COC(Cc2c(Br)cccc2Br)=N1. The molecule has 1 aliphatic rings. The van der Waals surface area contributed by atoms with Gasteiger partial charge in [-0.3, -0.25) is 0 Å². The molecule has 17 heavy (non-hydrogen) atoms. The van der Waals surface area contributed by atoms with E-state index in [9.17, 15) is 0 Å². The Morgan fingerprint density at radius 1 is 1.35 bits per heavy atom. The van der Waals surface area contributed by atoms with Gasteiger partial charge in [0, 0.05) is 8.95 Å². The maximum atomic E-state index is 5.65. The van der Waals surface area contributed by atoms with Gasteiger partial charge in [0.15, 0.2) is 5.90 Å². The van der Waals surface area contributed by atoms with Crippen molar-refractivity contribution in [2.75, 3.05) is 6.61 Å². The maximum Gasteiger partial charge on any atom is 0.188 e. The Morgan fingerprint density at radius 2 is 2.00 bits per heavy atom. The highest BCUT2D eigenvalue weighted by Gasteiger charge is 2.22. The van der Waals surface area contributed by atoms with Crippen LogP contribution in [0.2, 0.25) is 0 Å². The molecule has 0 aliphatic carbocycles. The minimum atomic E-state index is 0.311. The summed E-state index contributed by atoms with van der Waals surface area (Å²) in [4.78, 5) is 4.62. The zero-order valence-electron chi connectivity index (χ0n) is 9.91. The smallest absolute Gasteiger partial charge is 0.188 e. The van der Waals surface area contributed by atoms with E-state index >= 15 is 0 Å². The van der Waals surface area contributed by atoms with E-state index in [1.54, 1.807) is 0 Å². The van der Waals surface area contributed by atoms with Crippen molar-refractivity contribution in [2.45, 2.75) is 26.3 Å². The normalized spacial score (nSPS) is 19.4. The minimum absolute atomic E-state index is 0.311. The van der Waals surface area contributed by atoms with Gasteiger partial charge in [0.1, 0.15) is 6.61 Å². The number of hydrogen-bond donors (Lipinski definition) is 0. The second-order valence-corrected chi connectivity index (χ2v) is 6.23. The first-order valence-electron chi connectivity index (χ1n) is 5.70. The Bertz CT molecular complexity index is 423. The van der Waals surface area contributed by atoms with Gasteiger partial charge in [-0.2, -0.15) is 0 Å². The summed E-state index contributed by atoms with van der Waals surface area (Å²) in [6.45, 7) is 5.07. The molecule has 2 rings (SSSR count). The van der Waals surface area contributed by atoms with E-state index in [2.05, 4.69) is 50.7 Å². The van der Waals surface area contributed by atoms with Crippen molar-refractivity contribution in [1.29, 1.82) is 0 Å². The van der Waals surface area contributed by atoms with E-state index in [0.29, 0.717) is 12.0 Å². The van der Waals surface area contributed by atoms with Gasteiger partial charge in [-0.05, 0) is 23.6 Å². The summed E-state index contributed by atoms with van der Waals surface area (Å²) in [5, 5.41) is 0. The Hall–Kier alpha value is -0.350. The second kappa shape index (κ2) is 5.53. The summed E-state index contributed by atoms with van der Waals surface area (Å²) in [6.07, 6.45) is 0.741. The van der Waals surface area contributed by atoms with Gasteiger partial charge < -0.3 is 4.74 Å². The molecule has 92 valence electrons. The van der Waals surface area contributed by atoms with Crippen molar-refractivity contribution in [3.63, 3.8) is 0 Å². The van der Waals surface area contributed by atoms with Gasteiger partial charge in [-0.1, -0.05) is 51.8 Å². The van der Waals surface area contributed by atoms with Crippen LogP contribution in [0, 0.1) is 5.92 Å². The summed E-state index contributed by atoms with van der Waals surface area (Å²) < 4.78 is 7.83. The van der Waals surface area contributed by atoms with Crippen molar-refractivity contribution in [1.82, 2.24) is 0 Å². The van der Waals surface area contributed by atoms with E-state index in [0.717, 1.165) is 27.9 Å². The van der Waals surface area contributed by atoms with Crippen LogP contribution in [0.5, 0.6) is 0 Å². The predicted molar refractivity (Wildman–Crippen MR) is 77.6 cm³/mol. The number of nitrogens with zero attached hydrogens (tertiary/aromatic N) is 1. The lowest BCUT2D eigenvalue weighted by molar-refractivity contribution is 0.287. The molecule has 0 saturated carbocycles. The molecule has 1 aliphatic heterocycles. The Morgan fingerprint density at radius 3 is 2.53 bits per heavy atom. The average Bonchev–Trinajstić information content (AvgIpc) is 2.72. The van der Waals surface area contributed by atoms with Crippen molar-refractivity contribution >= 4 is 37.8 Å². The predicted octanol–water partition coefficient (Wildman–Crippen LogP) is 4.21. The fourth-order valence-corrected chi connectivity index (χ4v) is 3.01. The van der Waals surface area contributed by atoms with Crippen LogP contribution in [0.3, 0.4) is 0 Å². The summed E-state index contributed by atoms with van der Waals surface area (Å²) in [7, 11) is 0. The van der Waals surface area contributed by atoms with Crippen LogP contribution in [0.4, 0.5) is 0 Å². The molecule has 2 nitrogen and oxygen atoms in total. The Labute approximate surface area is 119 Å². The number of benzene rings is 1. The topological polar surface area (TPSA) is 21.6 Å². The molecule has 0 radical (unpaired) electrons. The highest BCUT2D eigenvalue weighted by atomic mass is 79.9. The maximum absolute atomic E-state index is 5.65. The zero-order valence-corrected chi connectivity index (χ0v) is 13.1. The number of ether oxygens (including phenoxy) is 1. The first-order chi connectivity index (χ1) is 8.08. The molecule has 0 aromatic heterocycles. The number of rotatable bonds is 3. The van der Waals surface area contributed by atoms with Gasteiger partial charge in [0.05, 0.1) is 12.5 Å². The lowest BCUT2D eigenvalue weighted by atomic mass is 10.1. The standard InChI is InChI=1S/C13H15Br2NO/c1-8(2)12-7-17-13(16-12)6-9-10(14)4-3-5-11(9)15/h3-5,8,12H,6-7H2,1-2H3/t12-/m1/s1. The lowest BCUT2D eigenvalue weighted by Gasteiger charge is -2.07. The first kappa shape index (κ1) is 13.1. The van der Waals surface area contributed by atoms with Crippen LogP contribution in [0.15, 0.2) is 32.1 Å². The van der Waals surface area contributed by atoms with E-state index in [-0.39, 0.29) is 0 Å². The molecule has 1 aromatic rings. The molecule has 0 N–H and O–H groups in total. The van der Waals surface area contributed by atoms with Crippen LogP contribution in [-0.4, -0.2) is 18.5 Å². The van der Waals surface area contributed by atoms with Gasteiger partial charge in [0.2, 0.25) is 0 Å². The molecule has 4 heteroatoms. The summed E-state index contributed by atoms with van der Waals surface area (Å²) in [6, 6.07) is 6.39. The highest BCUT2D eigenvalue weighted by Crippen LogP contribution is 2.27. The van der Waals surface area contributed by atoms with Crippen molar-refractivity contribution in [3.05, 3.63) is 32.7 Å². The zero-order chi connectivity index (χ0) is 12.4. The van der Waals surface area contributed by atoms with Crippen molar-refractivity contribution < 1.29 is 4.74 Å². The van der Waals surface area contributed by atoms with Crippen LogP contribution >= 0.6 is 31.9 Å². The molecule has 1 atom stereocenters. The summed E-state index contributed by atoms with van der Waals surface area (Å²) in [5.74, 6) is 1.38. The molecular formula is C13H15Br2NO. The van der Waals surface area contributed by atoms with Crippen LogP contribution < -0.4 is 0 Å². The molecule has 0 amide bonds. The van der Waals surface area contributed by atoms with E-state index < -0.39 is 0 Å². The van der Waals surface area contributed by atoms with Crippen LogP contribution in [-0.2, 0) is 11.2 Å². The minimum Gasteiger partial charge on any atom is -0.478 e.